The second-order valence-corrected chi connectivity index (χ2v) is 8.46. The standard InChI is InChI=1S/C19H19F3N2O3S/c20-19(21,22)28(26,27)17-9-7-16(8-10-17)23-11-3-6-18(25)24-12-14-4-1-2-5-15(14)13-24/h1-2,4-5,7-10,23H,3,6,11-13H2. The van der Waals surface area contributed by atoms with Crippen LogP contribution in [0.5, 0.6) is 0 Å². The fourth-order valence-electron chi connectivity index (χ4n) is 3.03. The van der Waals surface area contributed by atoms with E-state index < -0.39 is 20.2 Å². The van der Waals surface area contributed by atoms with E-state index >= 15 is 0 Å². The maximum absolute atomic E-state index is 12.5. The van der Waals surface area contributed by atoms with Gasteiger partial charge < -0.3 is 10.2 Å². The molecule has 0 aliphatic carbocycles. The summed E-state index contributed by atoms with van der Waals surface area (Å²) in [6, 6.07) is 12.3. The molecule has 0 unspecified atom stereocenters. The van der Waals surface area contributed by atoms with Crippen LogP contribution in [0.4, 0.5) is 18.9 Å². The Balaban J connectivity index is 1.45. The van der Waals surface area contributed by atoms with Gasteiger partial charge in [0.15, 0.2) is 0 Å². The van der Waals surface area contributed by atoms with Crippen LogP contribution in [0.1, 0.15) is 24.0 Å². The largest absolute Gasteiger partial charge is 0.501 e. The molecule has 2 aromatic rings. The number of sulfone groups is 1. The van der Waals surface area contributed by atoms with Crippen LogP contribution < -0.4 is 5.32 Å². The van der Waals surface area contributed by atoms with Crippen molar-refractivity contribution in [2.75, 3.05) is 11.9 Å². The van der Waals surface area contributed by atoms with Gasteiger partial charge in [-0.05, 0) is 41.8 Å². The molecule has 0 fully saturated rings. The summed E-state index contributed by atoms with van der Waals surface area (Å²) in [6.45, 7) is 1.66. The number of hydrogen-bond donors (Lipinski definition) is 1. The molecule has 1 heterocycles. The van der Waals surface area contributed by atoms with Gasteiger partial charge in [-0.25, -0.2) is 8.42 Å². The molecule has 0 saturated carbocycles. The molecule has 1 aliphatic heterocycles. The first-order chi connectivity index (χ1) is 13.2. The summed E-state index contributed by atoms with van der Waals surface area (Å²) in [4.78, 5) is 13.3. The molecule has 1 N–H and O–H groups in total. The van der Waals surface area contributed by atoms with Crippen molar-refractivity contribution in [2.45, 2.75) is 36.3 Å². The van der Waals surface area contributed by atoms with Gasteiger partial charge in [-0.3, -0.25) is 4.79 Å². The highest BCUT2D eigenvalue weighted by Gasteiger charge is 2.46. The number of anilines is 1. The maximum atomic E-state index is 12.5. The van der Waals surface area contributed by atoms with Crippen molar-refractivity contribution >= 4 is 21.4 Å². The summed E-state index contributed by atoms with van der Waals surface area (Å²) >= 11 is 0. The Morgan fingerprint density at radius 1 is 1.00 bits per heavy atom. The highest BCUT2D eigenvalue weighted by molar-refractivity contribution is 7.92. The van der Waals surface area contributed by atoms with Crippen LogP contribution in [-0.2, 0) is 27.7 Å². The van der Waals surface area contributed by atoms with Gasteiger partial charge in [0.25, 0.3) is 9.84 Å². The minimum absolute atomic E-state index is 0.0459. The molecule has 3 rings (SSSR count). The van der Waals surface area contributed by atoms with Gasteiger partial charge >= 0.3 is 5.51 Å². The number of rotatable bonds is 6. The lowest BCUT2D eigenvalue weighted by atomic mass is 10.1. The molecule has 0 spiro atoms. The van der Waals surface area contributed by atoms with E-state index in [0.29, 0.717) is 38.2 Å². The summed E-state index contributed by atoms with van der Waals surface area (Å²) in [5, 5.41) is 2.98. The second kappa shape index (κ2) is 7.83. The molecular formula is C19H19F3N2O3S. The number of fused-ring (bicyclic) bond motifs is 1. The van der Waals surface area contributed by atoms with E-state index in [1.54, 1.807) is 4.90 Å². The van der Waals surface area contributed by atoms with Crippen molar-refractivity contribution in [2.24, 2.45) is 0 Å². The van der Waals surface area contributed by atoms with Gasteiger partial charge in [0.1, 0.15) is 0 Å². The van der Waals surface area contributed by atoms with Gasteiger partial charge in [0.2, 0.25) is 5.91 Å². The van der Waals surface area contributed by atoms with E-state index in [1.807, 2.05) is 24.3 Å². The molecule has 5 nitrogen and oxygen atoms in total. The highest BCUT2D eigenvalue weighted by Crippen LogP contribution is 2.30. The summed E-state index contributed by atoms with van der Waals surface area (Å²) in [7, 11) is -5.34. The number of nitrogens with one attached hydrogen (secondary N) is 1. The van der Waals surface area contributed by atoms with Crippen molar-refractivity contribution < 1.29 is 26.4 Å². The molecule has 2 aromatic carbocycles. The van der Waals surface area contributed by atoms with Crippen molar-refractivity contribution in [1.82, 2.24) is 4.90 Å². The number of benzene rings is 2. The topological polar surface area (TPSA) is 66.5 Å². The zero-order chi connectivity index (χ0) is 20.4. The second-order valence-electron chi connectivity index (χ2n) is 6.52. The Bertz CT molecular complexity index is 932. The van der Waals surface area contributed by atoms with Gasteiger partial charge in [-0.1, -0.05) is 24.3 Å². The Morgan fingerprint density at radius 2 is 1.57 bits per heavy atom. The first kappa shape index (κ1) is 20.2. The van der Waals surface area contributed by atoms with Gasteiger partial charge in [0, 0.05) is 31.7 Å². The van der Waals surface area contributed by atoms with Crippen LogP contribution in [0.3, 0.4) is 0 Å². The molecule has 0 aromatic heterocycles. The molecule has 0 atom stereocenters. The molecule has 1 aliphatic rings. The quantitative estimate of drug-likeness (QED) is 0.735. The first-order valence-corrected chi connectivity index (χ1v) is 10.2. The predicted molar refractivity (Wildman–Crippen MR) is 98.1 cm³/mol. The maximum Gasteiger partial charge on any atom is 0.501 e. The third kappa shape index (κ3) is 4.30. The molecule has 1 amide bonds. The average Bonchev–Trinajstić information content (AvgIpc) is 3.09. The van der Waals surface area contributed by atoms with Crippen molar-refractivity contribution in [3.63, 3.8) is 0 Å². The number of alkyl halides is 3. The molecule has 0 radical (unpaired) electrons. The minimum Gasteiger partial charge on any atom is -0.385 e. The lowest BCUT2D eigenvalue weighted by molar-refractivity contribution is -0.131. The number of carbonyl (C=O) groups is 1. The predicted octanol–water partition coefficient (Wildman–Crippen LogP) is 3.71. The number of carbonyl (C=O) groups excluding carboxylic acids is 1. The average molecular weight is 412 g/mol. The third-order valence-corrected chi connectivity index (χ3v) is 6.06. The number of nitrogens with zero attached hydrogens (tertiary/aromatic N) is 1. The summed E-state index contributed by atoms with van der Waals surface area (Å²) in [6.07, 6.45) is 0.899. The lowest BCUT2D eigenvalue weighted by Gasteiger charge is -2.15. The third-order valence-electron chi connectivity index (χ3n) is 4.56. The molecular weight excluding hydrogens is 393 g/mol. The summed E-state index contributed by atoms with van der Waals surface area (Å²) in [5.41, 5.74) is -2.52. The van der Waals surface area contributed by atoms with E-state index in [4.69, 9.17) is 0 Å². The van der Waals surface area contributed by atoms with Crippen LogP contribution in [0, 0.1) is 0 Å². The Labute approximate surface area is 161 Å². The number of hydrogen-bond acceptors (Lipinski definition) is 4. The van der Waals surface area contributed by atoms with E-state index in [9.17, 15) is 26.4 Å². The van der Waals surface area contributed by atoms with E-state index in [1.165, 1.54) is 12.1 Å². The first-order valence-electron chi connectivity index (χ1n) is 8.68. The molecule has 0 bridgehead atoms. The summed E-state index contributed by atoms with van der Waals surface area (Å²) < 4.78 is 60.2. The molecule has 150 valence electrons. The van der Waals surface area contributed by atoms with Crippen molar-refractivity contribution in [3.8, 4) is 0 Å². The van der Waals surface area contributed by atoms with Crippen molar-refractivity contribution in [3.05, 3.63) is 59.7 Å². The Hall–Kier alpha value is -2.55. The van der Waals surface area contributed by atoms with Crippen LogP contribution in [0.15, 0.2) is 53.4 Å². The van der Waals surface area contributed by atoms with Crippen LogP contribution >= 0.6 is 0 Å². The molecule has 9 heteroatoms. The fourth-order valence-corrected chi connectivity index (χ4v) is 3.79. The Kier molecular flexibility index (Phi) is 5.64. The van der Waals surface area contributed by atoms with Gasteiger partial charge in [0.05, 0.1) is 4.90 Å². The zero-order valence-electron chi connectivity index (χ0n) is 14.9. The van der Waals surface area contributed by atoms with Gasteiger partial charge in [-0.2, -0.15) is 13.2 Å². The summed E-state index contributed by atoms with van der Waals surface area (Å²) in [5.74, 6) is 0.0459. The SMILES string of the molecule is O=C(CCCNc1ccc(S(=O)(=O)C(F)(F)F)cc1)N1Cc2ccccc2C1. The van der Waals surface area contributed by atoms with E-state index in [-0.39, 0.29) is 5.91 Å². The monoisotopic (exact) mass is 412 g/mol. The fraction of sp³-hybridized carbons (Fsp3) is 0.316. The molecule has 28 heavy (non-hydrogen) atoms. The van der Waals surface area contributed by atoms with Crippen LogP contribution in [0.2, 0.25) is 0 Å². The van der Waals surface area contributed by atoms with E-state index in [2.05, 4.69) is 5.32 Å². The smallest absolute Gasteiger partial charge is 0.385 e. The molecule has 0 saturated heterocycles. The van der Waals surface area contributed by atoms with Crippen LogP contribution in [0.25, 0.3) is 0 Å². The lowest BCUT2D eigenvalue weighted by Crippen LogP contribution is -2.25. The van der Waals surface area contributed by atoms with Crippen molar-refractivity contribution in [1.29, 1.82) is 0 Å². The Morgan fingerprint density at radius 3 is 2.11 bits per heavy atom. The minimum atomic E-state index is -5.34. The van der Waals surface area contributed by atoms with E-state index in [0.717, 1.165) is 23.3 Å². The number of amides is 1. The van der Waals surface area contributed by atoms with Gasteiger partial charge in [-0.15, -0.1) is 0 Å². The zero-order valence-corrected chi connectivity index (χ0v) is 15.7. The normalized spacial score (nSPS) is 14.0. The van der Waals surface area contributed by atoms with Crippen LogP contribution in [-0.4, -0.2) is 31.3 Å². The number of halogens is 3. The highest BCUT2D eigenvalue weighted by atomic mass is 32.2.